The van der Waals surface area contributed by atoms with Crippen LogP contribution in [0.3, 0.4) is 0 Å². The fourth-order valence-corrected chi connectivity index (χ4v) is 3.14. The first-order valence-corrected chi connectivity index (χ1v) is 9.77. The maximum atomic E-state index is 5.73. The molecule has 0 aliphatic heterocycles. The van der Waals surface area contributed by atoms with E-state index >= 15 is 0 Å². The van der Waals surface area contributed by atoms with Gasteiger partial charge in [-0.05, 0) is 60.4 Å². The van der Waals surface area contributed by atoms with E-state index in [1.165, 1.54) is 33.4 Å². The smallest absolute Gasteiger partial charge is 0.230 e. The van der Waals surface area contributed by atoms with E-state index in [0.717, 1.165) is 11.5 Å². The fourth-order valence-electron chi connectivity index (χ4n) is 3.14. The van der Waals surface area contributed by atoms with Gasteiger partial charge in [-0.2, -0.15) is 0 Å². The van der Waals surface area contributed by atoms with Crippen LogP contribution in [0.2, 0.25) is 0 Å². The summed E-state index contributed by atoms with van der Waals surface area (Å²) in [5.41, 5.74) is 7.27. The molecule has 4 aromatic carbocycles. The number of benzene rings is 4. The molecule has 2 heteroatoms. The quantitative estimate of drug-likeness (QED) is 0.334. The third kappa shape index (κ3) is 4.85. The monoisotopic (exact) mass is 380 g/mol. The Morgan fingerprint density at radius 2 is 0.690 bits per heavy atom. The minimum absolute atomic E-state index is 0.174. The van der Waals surface area contributed by atoms with Crippen LogP contribution in [0.5, 0.6) is 11.5 Å². The lowest BCUT2D eigenvalue weighted by Crippen LogP contribution is -2.05. The zero-order valence-electron chi connectivity index (χ0n) is 16.8. The van der Waals surface area contributed by atoms with Crippen molar-refractivity contribution in [3.63, 3.8) is 0 Å². The molecule has 0 radical (unpaired) electrons. The first-order valence-electron chi connectivity index (χ1n) is 9.77. The van der Waals surface area contributed by atoms with E-state index in [1.54, 1.807) is 0 Å². The van der Waals surface area contributed by atoms with E-state index in [0.29, 0.717) is 0 Å². The Labute approximate surface area is 172 Å². The molecule has 0 fully saturated rings. The molecule has 0 saturated carbocycles. The van der Waals surface area contributed by atoms with Crippen LogP contribution in [0.15, 0.2) is 97.1 Å². The minimum Gasteiger partial charge on any atom is -0.458 e. The van der Waals surface area contributed by atoms with Crippen LogP contribution in [0.1, 0.15) is 11.1 Å². The van der Waals surface area contributed by atoms with Crippen molar-refractivity contribution in [3.8, 4) is 33.8 Å². The maximum absolute atomic E-state index is 5.73. The van der Waals surface area contributed by atoms with Crippen LogP contribution >= 0.6 is 0 Å². The van der Waals surface area contributed by atoms with Crippen molar-refractivity contribution in [2.45, 2.75) is 13.8 Å². The van der Waals surface area contributed by atoms with Gasteiger partial charge in [-0.3, -0.25) is 0 Å². The first-order chi connectivity index (χ1) is 14.2. The second-order valence-electron chi connectivity index (χ2n) is 7.19. The molecule has 2 nitrogen and oxygen atoms in total. The molecule has 0 N–H and O–H groups in total. The summed E-state index contributed by atoms with van der Waals surface area (Å²) < 4.78 is 11.5. The van der Waals surface area contributed by atoms with Crippen molar-refractivity contribution < 1.29 is 9.47 Å². The molecule has 0 spiro atoms. The maximum Gasteiger partial charge on any atom is 0.230 e. The highest BCUT2D eigenvalue weighted by Gasteiger charge is 2.01. The van der Waals surface area contributed by atoms with Gasteiger partial charge in [-0.25, -0.2) is 0 Å². The minimum atomic E-state index is 0.174. The van der Waals surface area contributed by atoms with Crippen LogP contribution in [0.4, 0.5) is 0 Å². The van der Waals surface area contributed by atoms with Crippen molar-refractivity contribution in [1.29, 1.82) is 0 Å². The van der Waals surface area contributed by atoms with E-state index in [1.807, 2.05) is 24.3 Å². The molecule has 4 rings (SSSR count). The Kier molecular flexibility index (Phi) is 5.62. The van der Waals surface area contributed by atoms with Gasteiger partial charge in [0, 0.05) is 0 Å². The highest BCUT2D eigenvalue weighted by atomic mass is 16.7. The Bertz CT molecular complexity index is 957. The molecule has 4 aromatic rings. The average molecular weight is 380 g/mol. The Hall–Kier alpha value is -3.52. The highest BCUT2D eigenvalue weighted by Crippen LogP contribution is 2.24. The van der Waals surface area contributed by atoms with Gasteiger partial charge in [-0.1, -0.05) is 83.9 Å². The molecular weight excluding hydrogens is 356 g/mol. The van der Waals surface area contributed by atoms with Gasteiger partial charge >= 0.3 is 0 Å². The molecule has 0 aromatic heterocycles. The molecule has 0 bridgehead atoms. The number of rotatable bonds is 6. The number of hydrogen-bond donors (Lipinski definition) is 0. The lowest BCUT2D eigenvalue weighted by molar-refractivity contribution is 0.120. The summed E-state index contributed by atoms with van der Waals surface area (Å²) in [4.78, 5) is 0. The zero-order valence-corrected chi connectivity index (χ0v) is 16.8. The van der Waals surface area contributed by atoms with Gasteiger partial charge in [0.05, 0.1) is 0 Å². The number of hydrogen-bond acceptors (Lipinski definition) is 2. The van der Waals surface area contributed by atoms with Crippen LogP contribution in [-0.2, 0) is 0 Å². The molecular formula is C27H24O2. The van der Waals surface area contributed by atoms with E-state index in [4.69, 9.17) is 9.47 Å². The summed E-state index contributed by atoms with van der Waals surface area (Å²) in [5.74, 6) is 1.58. The summed E-state index contributed by atoms with van der Waals surface area (Å²) in [6, 6.07) is 33.2. The van der Waals surface area contributed by atoms with E-state index in [-0.39, 0.29) is 6.79 Å². The molecule has 0 saturated heterocycles. The summed E-state index contributed by atoms with van der Waals surface area (Å²) in [5, 5.41) is 0. The summed E-state index contributed by atoms with van der Waals surface area (Å²) in [6.07, 6.45) is 0. The van der Waals surface area contributed by atoms with Crippen LogP contribution < -0.4 is 9.47 Å². The average Bonchev–Trinajstić information content (AvgIpc) is 2.76. The van der Waals surface area contributed by atoms with Gasteiger partial charge in [0.15, 0.2) is 0 Å². The van der Waals surface area contributed by atoms with E-state index in [9.17, 15) is 0 Å². The molecule has 29 heavy (non-hydrogen) atoms. The van der Waals surface area contributed by atoms with Gasteiger partial charge in [0.25, 0.3) is 0 Å². The Morgan fingerprint density at radius 1 is 0.414 bits per heavy atom. The first kappa shape index (κ1) is 18.8. The SMILES string of the molecule is Cc1ccc(-c2ccc(OCOc3ccc(-c4ccc(C)cc4)cc3)cc2)cc1. The lowest BCUT2D eigenvalue weighted by Gasteiger charge is -2.10. The van der Waals surface area contributed by atoms with Crippen molar-refractivity contribution in [3.05, 3.63) is 108 Å². The van der Waals surface area contributed by atoms with Gasteiger partial charge < -0.3 is 9.47 Å². The molecule has 0 atom stereocenters. The van der Waals surface area contributed by atoms with Gasteiger partial charge in [0.1, 0.15) is 11.5 Å². The van der Waals surface area contributed by atoms with Crippen molar-refractivity contribution in [2.75, 3.05) is 6.79 Å². The normalized spacial score (nSPS) is 10.6. The van der Waals surface area contributed by atoms with E-state index in [2.05, 4.69) is 86.6 Å². The molecule has 0 aliphatic carbocycles. The topological polar surface area (TPSA) is 18.5 Å². The second-order valence-corrected chi connectivity index (χ2v) is 7.19. The molecule has 0 aliphatic rings. The Balaban J connectivity index is 1.31. The molecule has 144 valence electrons. The summed E-state index contributed by atoms with van der Waals surface area (Å²) >= 11 is 0. The zero-order chi connectivity index (χ0) is 20.1. The number of aryl methyl sites for hydroxylation is 2. The fraction of sp³-hybridized carbons (Fsp3) is 0.111. The second kappa shape index (κ2) is 8.66. The molecule has 0 heterocycles. The highest BCUT2D eigenvalue weighted by molar-refractivity contribution is 5.65. The summed E-state index contributed by atoms with van der Waals surface area (Å²) in [7, 11) is 0. The summed E-state index contributed by atoms with van der Waals surface area (Å²) in [6.45, 7) is 4.36. The van der Waals surface area contributed by atoms with Crippen LogP contribution in [0, 0.1) is 13.8 Å². The predicted molar refractivity (Wildman–Crippen MR) is 119 cm³/mol. The van der Waals surface area contributed by atoms with Crippen LogP contribution in [-0.4, -0.2) is 6.79 Å². The molecule has 0 amide bonds. The largest absolute Gasteiger partial charge is 0.458 e. The molecule has 0 unspecified atom stereocenters. The standard InChI is InChI=1S/C27H24O2/c1-20-3-7-22(8-4-20)24-11-15-26(16-12-24)28-19-29-27-17-13-25(14-18-27)23-9-5-21(2)6-10-23/h3-18H,19H2,1-2H3. The lowest BCUT2D eigenvalue weighted by atomic mass is 10.0. The van der Waals surface area contributed by atoms with Crippen LogP contribution in [0.25, 0.3) is 22.3 Å². The van der Waals surface area contributed by atoms with Gasteiger partial charge in [-0.15, -0.1) is 0 Å². The third-order valence-corrected chi connectivity index (χ3v) is 4.93. The van der Waals surface area contributed by atoms with Gasteiger partial charge in [0.2, 0.25) is 6.79 Å². The van der Waals surface area contributed by atoms with Crippen molar-refractivity contribution >= 4 is 0 Å². The third-order valence-electron chi connectivity index (χ3n) is 4.93. The number of ether oxygens (including phenoxy) is 2. The Morgan fingerprint density at radius 3 is 1.00 bits per heavy atom. The van der Waals surface area contributed by atoms with Crippen molar-refractivity contribution in [2.24, 2.45) is 0 Å². The van der Waals surface area contributed by atoms with E-state index < -0.39 is 0 Å². The predicted octanol–water partition coefficient (Wildman–Crippen LogP) is 7.05. The van der Waals surface area contributed by atoms with Crippen molar-refractivity contribution in [1.82, 2.24) is 0 Å².